The van der Waals surface area contributed by atoms with Gasteiger partial charge in [-0.25, -0.2) is 9.97 Å². The minimum absolute atomic E-state index is 0.353. The van der Waals surface area contributed by atoms with Gasteiger partial charge in [-0.05, 0) is 26.3 Å². The monoisotopic (exact) mass is 369 g/mol. The number of hydrogen-bond donors (Lipinski definition) is 1. The molecule has 1 fully saturated rings. The first-order valence-corrected chi connectivity index (χ1v) is 9.25. The highest BCUT2D eigenvalue weighted by Gasteiger charge is 2.19. The molecular formula is C20H27N5O2. The van der Waals surface area contributed by atoms with Crippen molar-refractivity contribution in [2.24, 2.45) is 10.2 Å². The summed E-state index contributed by atoms with van der Waals surface area (Å²) in [5, 5.41) is 18.8. The number of nitrogens with zero attached hydrogens (tertiary/aromatic N) is 5. The zero-order valence-corrected chi connectivity index (χ0v) is 16.2. The largest absolute Gasteiger partial charge is 0.390 e. The van der Waals surface area contributed by atoms with Gasteiger partial charge in [-0.1, -0.05) is 29.8 Å². The second-order valence-corrected chi connectivity index (χ2v) is 7.48. The molecule has 0 bridgehead atoms. The summed E-state index contributed by atoms with van der Waals surface area (Å²) in [5.41, 5.74) is 1.42. The Labute approximate surface area is 160 Å². The van der Waals surface area contributed by atoms with E-state index in [0.29, 0.717) is 37.8 Å². The summed E-state index contributed by atoms with van der Waals surface area (Å²) in [6, 6.07) is 10.0. The van der Waals surface area contributed by atoms with Gasteiger partial charge >= 0.3 is 0 Å². The average molecular weight is 369 g/mol. The maximum Gasteiger partial charge on any atom is 0.179 e. The Morgan fingerprint density at radius 2 is 1.96 bits per heavy atom. The lowest BCUT2D eigenvalue weighted by Gasteiger charge is -2.28. The fraction of sp³-hybridized carbons (Fsp3) is 0.500. The van der Waals surface area contributed by atoms with E-state index in [0.717, 1.165) is 24.5 Å². The Morgan fingerprint density at radius 1 is 1.19 bits per heavy atom. The SMILES string of the molecule is Cc1cccc(CN=Nc2cc(N3CCOCC3)nc(CC(C)(C)O)n2)c1. The molecule has 1 aliphatic rings. The summed E-state index contributed by atoms with van der Waals surface area (Å²) >= 11 is 0. The van der Waals surface area contributed by atoms with Crippen molar-refractivity contribution >= 4 is 11.6 Å². The third-order valence-electron chi connectivity index (χ3n) is 4.18. The molecular weight excluding hydrogens is 342 g/mol. The van der Waals surface area contributed by atoms with Crippen molar-refractivity contribution in [3.8, 4) is 0 Å². The lowest BCUT2D eigenvalue weighted by Crippen LogP contribution is -2.37. The van der Waals surface area contributed by atoms with Gasteiger partial charge in [-0.2, -0.15) is 5.11 Å². The molecule has 7 heteroatoms. The lowest BCUT2D eigenvalue weighted by molar-refractivity contribution is 0.0788. The number of aliphatic hydroxyl groups is 1. The summed E-state index contributed by atoms with van der Waals surface area (Å²) in [6.07, 6.45) is 0.353. The average Bonchev–Trinajstić information content (AvgIpc) is 2.61. The standard InChI is InChI=1S/C20H27N5O2/c1-15-5-4-6-16(11-15)14-21-24-17-12-19(25-7-9-27-10-8-25)23-18(22-17)13-20(2,3)26/h4-6,11-12,26H,7-10,13-14H2,1-3H3. The van der Waals surface area contributed by atoms with Gasteiger partial charge in [0.25, 0.3) is 0 Å². The molecule has 0 unspecified atom stereocenters. The van der Waals surface area contributed by atoms with E-state index in [1.165, 1.54) is 5.56 Å². The van der Waals surface area contributed by atoms with Crippen LogP contribution in [0.2, 0.25) is 0 Å². The Bertz CT molecular complexity index is 795. The maximum atomic E-state index is 10.1. The molecule has 3 rings (SSSR count). The van der Waals surface area contributed by atoms with Crippen LogP contribution in [0.5, 0.6) is 0 Å². The number of anilines is 1. The fourth-order valence-corrected chi connectivity index (χ4v) is 2.94. The van der Waals surface area contributed by atoms with Crippen molar-refractivity contribution in [1.29, 1.82) is 0 Å². The summed E-state index contributed by atoms with van der Waals surface area (Å²) in [5.74, 6) is 1.88. The van der Waals surface area contributed by atoms with Crippen molar-refractivity contribution in [2.45, 2.75) is 39.3 Å². The second kappa shape index (κ2) is 8.54. The van der Waals surface area contributed by atoms with E-state index in [4.69, 9.17) is 4.74 Å². The first-order valence-electron chi connectivity index (χ1n) is 9.25. The zero-order valence-electron chi connectivity index (χ0n) is 16.2. The second-order valence-electron chi connectivity index (χ2n) is 7.48. The van der Waals surface area contributed by atoms with Crippen LogP contribution in [0.15, 0.2) is 40.6 Å². The van der Waals surface area contributed by atoms with Crippen molar-refractivity contribution < 1.29 is 9.84 Å². The molecule has 0 atom stereocenters. The van der Waals surface area contributed by atoms with Gasteiger partial charge in [0.1, 0.15) is 11.6 Å². The number of aromatic nitrogens is 2. The molecule has 0 radical (unpaired) electrons. The maximum absolute atomic E-state index is 10.1. The highest BCUT2D eigenvalue weighted by atomic mass is 16.5. The number of hydrogen-bond acceptors (Lipinski definition) is 7. The molecule has 7 nitrogen and oxygen atoms in total. The van der Waals surface area contributed by atoms with Crippen molar-refractivity contribution in [3.63, 3.8) is 0 Å². The first kappa shape index (κ1) is 19.4. The molecule has 1 aromatic heterocycles. The van der Waals surface area contributed by atoms with E-state index < -0.39 is 5.60 Å². The molecule has 0 saturated carbocycles. The fourth-order valence-electron chi connectivity index (χ4n) is 2.94. The number of aryl methyl sites for hydroxylation is 1. The molecule has 1 saturated heterocycles. The van der Waals surface area contributed by atoms with Crippen molar-refractivity contribution in [1.82, 2.24) is 9.97 Å². The molecule has 1 N–H and O–H groups in total. The molecule has 27 heavy (non-hydrogen) atoms. The number of benzene rings is 1. The van der Waals surface area contributed by atoms with Crippen LogP contribution >= 0.6 is 0 Å². The summed E-state index contributed by atoms with van der Waals surface area (Å²) in [4.78, 5) is 11.2. The molecule has 2 heterocycles. The van der Waals surface area contributed by atoms with Gasteiger partial charge in [-0.15, -0.1) is 5.11 Å². The molecule has 0 spiro atoms. The predicted octanol–water partition coefficient (Wildman–Crippen LogP) is 3.22. The smallest absolute Gasteiger partial charge is 0.179 e. The van der Waals surface area contributed by atoms with E-state index in [2.05, 4.69) is 44.2 Å². The topological polar surface area (TPSA) is 83.2 Å². The van der Waals surface area contributed by atoms with E-state index in [9.17, 15) is 5.11 Å². The lowest BCUT2D eigenvalue weighted by atomic mass is 10.1. The summed E-state index contributed by atoms with van der Waals surface area (Å²) in [7, 11) is 0. The minimum atomic E-state index is -0.889. The summed E-state index contributed by atoms with van der Waals surface area (Å²) in [6.45, 7) is 8.96. The first-order chi connectivity index (χ1) is 12.9. The van der Waals surface area contributed by atoms with Crippen molar-refractivity contribution in [2.75, 3.05) is 31.2 Å². The van der Waals surface area contributed by atoms with Crippen molar-refractivity contribution in [3.05, 3.63) is 47.3 Å². The quantitative estimate of drug-likeness (QED) is 0.791. The number of rotatable bonds is 6. The van der Waals surface area contributed by atoms with E-state index in [1.807, 2.05) is 18.2 Å². The van der Waals surface area contributed by atoms with Crippen LogP contribution < -0.4 is 4.90 Å². The number of azo groups is 1. The van der Waals surface area contributed by atoms with Gasteiger partial charge in [0.15, 0.2) is 5.82 Å². The number of ether oxygens (including phenoxy) is 1. The normalized spacial score (nSPS) is 15.5. The highest BCUT2D eigenvalue weighted by Crippen LogP contribution is 2.22. The minimum Gasteiger partial charge on any atom is -0.390 e. The van der Waals surface area contributed by atoms with Crippen LogP contribution in [0.4, 0.5) is 11.6 Å². The third-order valence-corrected chi connectivity index (χ3v) is 4.18. The zero-order chi connectivity index (χ0) is 19.3. The Morgan fingerprint density at radius 3 is 2.67 bits per heavy atom. The van der Waals surface area contributed by atoms with Gasteiger partial charge in [-0.3, -0.25) is 0 Å². The van der Waals surface area contributed by atoms with Crippen LogP contribution in [0.3, 0.4) is 0 Å². The Hall–Kier alpha value is -2.38. The van der Waals surface area contributed by atoms with E-state index in [1.54, 1.807) is 13.8 Å². The van der Waals surface area contributed by atoms with Gasteiger partial charge in [0.2, 0.25) is 0 Å². The molecule has 0 aliphatic carbocycles. The Kier molecular flexibility index (Phi) is 6.13. The van der Waals surface area contributed by atoms with Crippen LogP contribution in [-0.4, -0.2) is 47.0 Å². The van der Waals surface area contributed by atoms with Crippen LogP contribution in [0, 0.1) is 6.92 Å². The molecule has 0 amide bonds. The van der Waals surface area contributed by atoms with E-state index in [-0.39, 0.29) is 0 Å². The third kappa shape index (κ3) is 6.08. The van der Waals surface area contributed by atoms with Crippen LogP contribution in [-0.2, 0) is 17.7 Å². The van der Waals surface area contributed by atoms with Gasteiger partial charge in [0.05, 0.1) is 25.4 Å². The molecule has 1 aliphatic heterocycles. The molecule has 144 valence electrons. The molecule has 1 aromatic carbocycles. The van der Waals surface area contributed by atoms with E-state index >= 15 is 0 Å². The van der Waals surface area contributed by atoms with Gasteiger partial charge in [0, 0.05) is 25.6 Å². The highest BCUT2D eigenvalue weighted by molar-refractivity contribution is 5.46. The van der Waals surface area contributed by atoms with Crippen LogP contribution in [0.25, 0.3) is 0 Å². The predicted molar refractivity (Wildman–Crippen MR) is 104 cm³/mol. The Balaban J connectivity index is 1.81. The summed E-state index contributed by atoms with van der Waals surface area (Å²) < 4.78 is 5.42. The molecule has 2 aromatic rings. The van der Waals surface area contributed by atoms with Gasteiger partial charge < -0.3 is 14.7 Å². The van der Waals surface area contributed by atoms with Crippen LogP contribution in [0.1, 0.15) is 30.8 Å². The number of morpholine rings is 1.